The van der Waals surface area contributed by atoms with Gasteiger partial charge in [0.2, 0.25) is 11.8 Å². The van der Waals surface area contributed by atoms with Crippen LogP contribution < -0.4 is 14.4 Å². The van der Waals surface area contributed by atoms with E-state index >= 15 is 0 Å². The van der Waals surface area contributed by atoms with Crippen molar-refractivity contribution >= 4 is 17.5 Å². The topological polar surface area (TPSA) is 65.3 Å². The summed E-state index contributed by atoms with van der Waals surface area (Å²) in [6.45, 7) is 3.60. The van der Waals surface area contributed by atoms with E-state index < -0.39 is 0 Å². The van der Waals surface area contributed by atoms with Crippen LogP contribution in [-0.2, 0) is 0 Å². The Kier molecular flexibility index (Phi) is 5.34. The SMILES string of the molecule is COc1ccc(-n2c(C)nnc2N2CCC(Oc3ccccc3Cl)CC2)cn1. The molecule has 1 aliphatic heterocycles. The molecular weight excluding hydrogens is 378 g/mol. The van der Waals surface area contributed by atoms with E-state index in [-0.39, 0.29) is 6.10 Å². The first-order valence-electron chi connectivity index (χ1n) is 9.24. The average Bonchev–Trinajstić information content (AvgIpc) is 3.12. The van der Waals surface area contributed by atoms with Crippen LogP contribution in [0, 0.1) is 6.92 Å². The molecule has 1 fully saturated rings. The van der Waals surface area contributed by atoms with Crippen LogP contribution in [-0.4, -0.2) is 46.1 Å². The van der Waals surface area contributed by atoms with Crippen molar-refractivity contribution in [3.8, 4) is 17.3 Å². The maximum atomic E-state index is 6.21. The van der Waals surface area contributed by atoms with E-state index in [2.05, 4.69) is 20.1 Å². The van der Waals surface area contributed by atoms with Crippen LogP contribution in [0.25, 0.3) is 5.69 Å². The van der Waals surface area contributed by atoms with Crippen molar-refractivity contribution in [2.45, 2.75) is 25.9 Å². The van der Waals surface area contributed by atoms with E-state index in [1.54, 1.807) is 13.3 Å². The van der Waals surface area contributed by atoms with Crippen molar-refractivity contribution < 1.29 is 9.47 Å². The minimum absolute atomic E-state index is 0.135. The molecule has 28 heavy (non-hydrogen) atoms. The van der Waals surface area contributed by atoms with Crippen LogP contribution in [0.4, 0.5) is 5.95 Å². The maximum absolute atomic E-state index is 6.21. The van der Waals surface area contributed by atoms with Crippen LogP contribution in [0.1, 0.15) is 18.7 Å². The smallest absolute Gasteiger partial charge is 0.231 e. The Morgan fingerprint density at radius 3 is 2.54 bits per heavy atom. The number of aromatic nitrogens is 4. The zero-order chi connectivity index (χ0) is 19.5. The van der Waals surface area contributed by atoms with Crippen LogP contribution >= 0.6 is 11.6 Å². The van der Waals surface area contributed by atoms with Crippen LogP contribution in [0.3, 0.4) is 0 Å². The molecule has 0 aliphatic carbocycles. The predicted octanol–water partition coefficient (Wildman–Crippen LogP) is 3.68. The number of aryl methyl sites for hydroxylation is 1. The lowest BCUT2D eigenvalue weighted by molar-refractivity contribution is 0.170. The molecule has 7 nitrogen and oxygen atoms in total. The second kappa shape index (κ2) is 8.06. The Bertz CT molecular complexity index is 936. The number of rotatable bonds is 5. The lowest BCUT2D eigenvalue weighted by atomic mass is 10.1. The summed E-state index contributed by atoms with van der Waals surface area (Å²) >= 11 is 6.21. The van der Waals surface area contributed by atoms with Gasteiger partial charge in [0.1, 0.15) is 17.7 Å². The van der Waals surface area contributed by atoms with Gasteiger partial charge in [0.25, 0.3) is 0 Å². The van der Waals surface area contributed by atoms with Gasteiger partial charge in [0.15, 0.2) is 0 Å². The van der Waals surface area contributed by atoms with Gasteiger partial charge in [0, 0.05) is 32.0 Å². The molecule has 3 aromatic rings. The number of pyridine rings is 1. The van der Waals surface area contributed by atoms with Crippen molar-refractivity contribution in [3.63, 3.8) is 0 Å². The second-order valence-electron chi connectivity index (χ2n) is 6.68. The zero-order valence-corrected chi connectivity index (χ0v) is 16.6. The van der Waals surface area contributed by atoms with E-state index in [9.17, 15) is 0 Å². The van der Waals surface area contributed by atoms with E-state index in [0.717, 1.165) is 49.1 Å². The Morgan fingerprint density at radius 2 is 1.86 bits per heavy atom. The fourth-order valence-corrected chi connectivity index (χ4v) is 3.56. The molecule has 0 atom stereocenters. The van der Waals surface area contributed by atoms with Crippen molar-refractivity contribution in [3.05, 3.63) is 53.4 Å². The third kappa shape index (κ3) is 3.75. The largest absolute Gasteiger partial charge is 0.489 e. The van der Waals surface area contributed by atoms with Gasteiger partial charge >= 0.3 is 0 Å². The van der Waals surface area contributed by atoms with E-state index in [0.29, 0.717) is 10.9 Å². The average molecular weight is 400 g/mol. The van der Waals surface area contributed by atoms with E-state index in [4.69, 9.17) is 21.1 Å². The molecule has 0 N–H and O–H groups in total. The highest BCUT2D eigenvalue weighted by molar-refractivity contribution is 6.32. The molecular formula is C20H22ClN5O2. The minimum Gasteiger partial charge on any atom is -0.489 e. The quantitative estimate of drug-likeness (QED) is 0.652. The molecule has 0 spiro atoms. The van der Waals surface area contributed by atoms with Gasteiger partial charge in [0.05, 0.1) is 24.0 Å². The summed E-state index contributed by atoms with van der Waals surface area (Å²) in [5.41, 5.74) is 0.910. The lowest BCUT2D eigenvalue weighted by Gasteiger charge is -2.33. The first kappa shape index (κ1) is 18.6. The van der Waals surface area contributed by atoms with Gasteiger partial charge in [-0.2, -0.15) is 0 Å². The number of hydrogen-bond acceptors (Lipinski definition) is 6. The molecule has 0 radical (unpaired) electrons. The molecule has 2 aromatic heterocycles. The van der Waals surface area contributed by atoms with Crippen molar-refractivity contribution in [1.29, 1.82) is 0 Å². The number of hydrogen-bond donors (Lipinski definition) is 0. The molecule has 1 aliphatic rings. The number of benzene rings is 1. The zero-order valence-electron chi connectivity index (χ0n) is 15.9. The molecule has 8 heteroatoms. The molecule has 1 saturated heterocycles. The summed E-state index contributed by atoms with van der Waals surface area (Å²) in [5.74, 6) is 2.96. The van der Waals surface area contributed by atoms with E-state index in [1.807, 2.05) is 47.9 Å². The molecule has 0 unspecified atom stereocenters. The molecule has 4 rings (SSSR count). The number of ether oxygens (including phenoxy) is 2. The standard InChI is InChI=1S/C20H22ClN5O2/c1-14-23-24-20(26(14)15-7-8-19(27-2)22-13-15)25-11-9-16(10-12-25)28-18-6-4-3-5-17(18)21/h3-8,13,16H,9-12H2,1-2H3. The van der Waals surface area contributed by atoms with Crippen molar-refractivity contribution in [2.24, 2.45) is 0 Å². The van der Waals surface area contributed by atoms with Gasteiger partial charge in [-0.1, -0.05) is 23.7 Å². The van der Waals surface area contributed by atoms with Gasteiger partial charge < -0.3 is 14.4 Å². The number of para-hydroxylation sites is 1. The van der Waals surface area contributed by atoms with Gasteiger partial charge in [-0.25, -0.2) is 4.98 Å². The summed E-state index contributed by atoms with van der Waals surface area (Å²) in [4.78, 5) is 6.53. The van der Waals surface area contributed by atoms with Crippen molar-refractivity contribution in [2.75, 3.05) is 25.1 Å². The third-order valence-corrected chi connectivity index (χ3v) is 5.16. The van der Waals surface area contributed by atoms with Crippen LogP contribution in [0.15, 0.2) is 42.6 Å². The maximum Gasteiger partial charge on any atom is 0.231 e. The van der Waals surface area contributed by atoms with Crippen molar-refractivity contribution in [1.82, 2.24) is 19.7 Å². The number of halogens is 1. The van der Waals surface area contributed by atoms with Gasteiger partial charge in [-0.15, -0.1) is 10.2 Å². The summed E-state index contributed by atoms with van der Waals surface area (Å²) in [6.07, 6.45) is 3.68. The number of nitrogens with zero attached hydrogens (tertiary/aromatic N) is 5. The molecule has 146 valence electrons. The summed E-state index contributed by atoms with van der Waals surface area (Å²) in [5, 5.41) is 9.32. The first-order chi connectivity index (χ1) is 13.7. The molecule has 0 amide bonds. The molecule has 1 aromatic carbocycles. The third-order valence-electron chi connectivity index (χ3n) is 4.85. The van der Waals surface area contributed by atoms with Gasteiger partial charge in [-0.3, -0.25) is 4.57 Å². The van der Waals surface area contributed by atoms with Crippen LogP contribution in [0.2, 0.25) is 5.02 Å². The number of methoxy groups -OCH3 is 1. The fourth-order valence-electron chi connectivity index (χ4n) is 3.38. The molecule has 0 saturated carbocycles. The Balaban J connectivity index is 1.47. The predicted molar refractivity (Wildman–Crippen MR) is 108 cm³/mol. The summed E-state index contributed by atoms with van der Waals surface area (Å²) in [7, 11) is 1.60. The normalized spacial score (nSPS) is 14.9. The van der Waals surface area contributed by atoms with E-state index in [1.165, 1.54) is 0 Å². The Labute approximate surface area is 168 Å². The highest BCUT2D eigenvalue weighted by atomic mass is 35.5. The summed E-state index contributed by atoms with van der Waals surface area (Å²) in [6, 6.07) is 11.4. The fraction of sp³-hybridized carbons (Fsp3) is 0.350. The monoisotopic (exact) mass is 399 g/mol. The first-order valence-corrected chi connectivity index (χ1v) is 9.62. The Morgan fingerprint density at radius 1 is 1.07 bits per heavy atom. The summed E-state index contributed by atoms with van der Waals surface area (Å²) < 4.78 is 13.3. The van der Waals surface area contributed by atoms with Crippen LogP contribution in [0.5, 0.6) is 11.6 Å². The number of anilines is 1. The second-order valence-corrected chi connectivity index (χ2v) is 7.08. The highest BCUT2D eigenvalue weighted by Gasteiger charge is 2.25. The van der Waals surface area contributed by atoms with Gasteiger partial charge in [-0.05, 0) is 25.1 Å². The minimum atomic E-state index is 0.135. The lowest BCUT2D eigenvalue weighted by Crippen LogP contribution is -2.39. The number of piperidine rings is 1. The highest BCUT2D eigenvalue weighted by Crippen LogP contribution is 2.28. The molecule has 3 heterocycles. The Hall–Kier alpha value is -2.80. The molecule has 0 bridgehead atoms.